The van der Waals surface area contributed by atoms with Gasteiger partial charge < -0.3 is 16.0 Å². The topological polar surface area (TPSA) is 53.2 Å². The molecular formula is C12H25N3O. The molecule has 0 saturated carbocycles. The lowest BCUT2D eigenvalue weighted by molar-refractivity contribution is -0.123. The molecule has 4 nitrogen and oxygen atoms in total. The molecule has 16 heavy (non-hydrogen) atoms. The first kappa shape index (κ1) is 13.5. The van der Waals surface area contributed by atoms with Crippen molar-refractivity contribution in [1.82, 2.24) is 16.0 Å². The van der Waals surface area contributed by atoms with Crippen molar-refractivity contribution in [3.63, 3.8) is 0 Å². The third kappa shape index (κ3) is 4.94. The SMILES string of the molecule is CC(C)NC(=O)C(C)NC1CCCNCC1. The molecular weight excluding hydrogens is 202 g/mol. The van der Waals surface area contributed by atoms with Crippen molar-refractivity contribution in [1.29, 1.82) is 0 Å². The molecule has 94 valence electrons. The van der Waals surface area contributed by atoms with Gasteiger partial charge in [-0.1, -0.05) is 0 Å². The number of carbonyl (C=O) groups is 1. The van der Waals surface area contributed by atoms with Gasteiger partial charge in [0.2, 0.25) is 5.91 Å². The number of rotatable bonds is 4. The number of hydrogen-bond donors (Lipinski definition) is 3. The van der Waals surface area contributed by atoms with Crippen molar-refractivity contribution in [2.24, 2.45) is 0 Å². The maximum Gasteiger partial charge on any atom is 0.237 e. The highest BCUT2D eigenvalue weighted by atomic mass is 16.2. The average molecular weight is 227 g/mol. The molecule has 1 amide bonds. The molecule has 1 fully saturated rings. The Morgan fingerprint density at radius 1 is 1.25 bits per heavy atom. The normalized spacial score (nSPS) is 23.9. The van der Waals surface area contributed by atoms with E-state index in [0.29, 0.717) is 6.04 Å². The van der Waals surface area contributed by atoms with Crippen LogP contribution in [0.25, 0.3) is 0 Å². The van der Waals surface area contributed by atoms with E-state index < -0.39 is 0 Å². The van der Waals surface area contributed by atoms with Crippen LogP contribution in [0.2, 0.25) is 0 Å². The molecule has 2 atom stereocenters. The van der Waals surface area contributed by atoms with Crippen LogP contribution in [0, 0.1) is 0 Å². The molecule has 2 unspecified atom stereocenters. The Hall–Kier alpha value is -0.610. The van der Waals surface area contributed by atoms with Gasteiger partial charge >= 0.3 is 0 Å². The van der Waals surface area contributed by atoms with Gasteiger partial charge in [-0.2, -0.15) is 0 Å². The van der Waals surface area contributed by atoms with Crippen molar-refractivity contribution in [2.75, 3.05) is 13.1 Å². The summed E-state index contributed by atoms with van der Waals surface area (Å²) in [6.45, 7) is 8.07. The number of hydrogen-bond acceptors (Lipinski definition) is 3. The van der Waals surface area contributed by atoms with Gasteiger partial charge in [-0.05, 0) is 53.1 Å². The molecule has 1 rings (SSSR count). The van der Waals surface area contributed by atoms with Crippen LogP contribution in [0.1, 0.15) is 40.0 Å². The van der Waals surface area contributed by atoms with E-state index in [-0.39, 0.29) is 18.0 Å². The lowest BCUT2D eigenvalue weighted by Crippen LogP contribution is -2.48. The van der Waals surface area contributed by atoms with Crippen molar-refractivity contribution < 1.29 is 4.79 Å². The minimum Gasteiger partial charge on any atom is -0.353 e. The fraction of sp³-hybridized carbons (Fsp3) is 0.917. The molecule has 1 heterocycles. The van der Waals surface area contributed by atoms with Gasteiger partial charge in [-0.3, -0.25) is 4.79 Å². The molecule has 0 radical (unpaired) electrons. The van der Waals surface area contributed by atoms with Gasteiger partial charge in [0.1, 0.15) is 0 Å². The van der Waals surface area contributed by atoms with Gasteiger partial charge in [0.15, 0.2) is 0 Å². The van der Waals surface area contributed by atoms with Crippen LogP contribution >= 0.6 is 0 Å². The van der Waals surface area contributed by atoms with Crippen LogP contribution in [0.5, 0.6) is 0 Å². The summed E-state index contributed by atoms with van der Waals surface area (Å²) in [6.07, 6.45) is 3.46. The first-order valence-corrected chi connectivity index (χ1v) is 6.36. The predicted molar refractivity (Wildman–Crippen MR) is 66.4 cm³/mol. The first-order valence-electron chi connectivity index (χ1n) is 6.36. The summed E-state index contributed by atoms with van der Waals surface area (Å²) in [5, 5.41) is 9.71. The molecule has 0 aliphatic carbocycles. The summed E-state index contributed by atoms with van der Waals surface area (Å²) in [5.74, 6) is 0.104. The fourth-order valence-electron chi connectivity index (χ4n) is 2.02. The minimum absolute atomic E-state index is 0.0921. The lowest BCUT2D eigenvalue weighted by atomic mass is 10.1. The van der Waals surface area contributed by atoms with E-state index in [9.17, 15) is 4.79 Å². The highest BCUT2D eigenvalue weighted by Crippen LogP contribution is 2.06. The summed E-state index contributed by atoms with van der Waals surface area (Å²) in [5.41, 5.74) is 0. The number of carbonyl (C=O) groups excluding carboxylic acids is 1. The average Bonchev–Trinajstić information content (AvgIpc) is 2.45. The van der Waals surface area contributed by atoms with Gasteiger partial charge in [0.25, 0.3) is 0 Å². The van der Waals surface area contributed by atoms with Crippen molar-refractivity contribution in [3.8, 4) is 0 Å². The zero-order valence-electron chi connectivity index (χ0n) is 10.7. The largest absolute Gasteiger partial charge is 0.353 e. The smallest absolute Gasteiger partial charge is 0.237 e. The Labute approximate surface area is 98.6 Å². The monoisotopic (exact) mass is 227 g/mol. The Kier molecular flexibility index (Phi) is 5.77. The van der Waals surface area contributed by atoms with E-state index in [1.165, 1.54) is 6.42 Å². The lowest BCUT2D eigenvalue weighted by Gasteiger charge is -2.22. The Morgan fingerprint density at radius 3 is 2.69 bits per heavy atom. The quantitative estimate of drug-likeness (QED) is 0.660. The van der Waals surface area contributed by atoms with Crippen LogP contribution in [0.15, 0.2) is 0 Å². The van der Waals surface area contributed by atoms with Crippen molar-refractivity contribution in [2.45, 2.75) is 58.2 Å². The molecule has 3 N–H and O–H groups in total. The minimum atomic E-state index is -0.0921. The van der Waals surface area contributed by atoms with Crippen LogP contribution in [0.4, 0.5) is 0 Å². The molecule has 0 aromatic rings. The molecule has 0 bridgehead atoms. The maximum atomic E-state index is 11.7. The standard InChI is InChI=1S/C12H25N3O/c1-9(2)14-12(16)10(3)15-11-5-4-7-13-8-6-11/h9-11,13,15H,4-8H2,1-3H3,(H,14,16). The van der Waals surface area contributed by atoms with E-state index in [1.807, 2.05) is 20.8 Å². The van der Waals surface area contributed by atoms with E-state index in [4.69, 9.17) is 0 Å². The summed E-state index contributed by atoms with van der Waals surface area (Å²) in [6, 6.07) is 0.598. The summed E-state index contributed by atoms with van der Waals surface area (Å²) < 4.78 is 0. The van der Waals surface area contributed by atoms with Gasteiger partial charge in [0.05, 0.1) is 6.04 Å². The molecule has 1 aliphatic rings. The van der Waals surface area contributed by atoms with Crippen molar-refractivity contribution in [3.05, 3.63) is 0 Å². The van der Waals surface area contributed by atoms with Gasteiger partial charge in [0, 0.05) is 12.1 Å². The fourth-order valence-corrected chi connectivity index (χ4v) is 2.02. The third-order valence-corrected chi connectivity index (χ3v) is 2.89. The van der Waals surface area contributed by atoms with Crippen LogP contribution < -0.4 is 16.0 Å². The number of nitrogens with one attached hydrogen (secondary N) is 3. The second-order valence-corrected chi connectivity index (χ2v) is 4.93. The van der Waals surface area contributed by atoms with Crippen LogP contribution in [-0.4, -0.2) is 37.1 Å². The summed E-state index contributed by atoms with van der Waals surface area (Å²) in [7, 11) is 0. The Bertz CT molecular complexity index is 210. The van der Waals surface area contributed by atoms with Crippen LogP contribution in [-0.2, 0) is 4.79 Å². The molecule has 0 aromatic heterocycles. The Morgan fingerprint density at radius 2 is 2.00 bits per heavy atom. The van der Waals surface area contributed by atoms with Gasteiger partial charge in [-0.25, -0.2) is 0 Å². The molecule has 0 spiro atoms. The van der Waals surface area contributed by atoms with E-state index in [0.717, 1.165) is 25.9 Å². The van der Waals surface area contributed by atoms with E-state index in [1.54, 1.807) is 0 Å². The molecule has 4 heteroatoms. The third-order valence-electron chi connectivity index (χ3n) is 2.89. The second kappa shape index (κ2) is 6.86. The summed E-state index contributed by atoms with van der Waals surface area (Å²) >= 11 is 0. The predicted octanol–water partition coefficient (Wildman–Crippen LogP) is 0.631. The number of amides is 1. The second-order valence-electron chi connectivity index (χ2n) is 4.93. The summed E-state index contributed by atoms with van der Waals surface area (Å²) in [4.78, 5) is 11.7. The van der Waals surface area contributed by atoms with Gasteiger partial charge in [-0.15, -0.1) is 0 Å². The molecule has 1 aliphatic heterocycles. The highest BCUT2D eigenvalue weighted by molar-refractivity contribution is 5.81. The molecule has 1 saturated heterocycles. The van der Waals surface area contributed by atoms with Crippen molar-refractivity contribution >= 4 is 5.91 Å². The van der Waals surface area contributed by atoms with Crippen LogP contribution in [0.3, 0.4) is 0 Å². The zero-order chi connectivity index (χ0) is 12.0. The first-order chi connectivity index (χ1) is 7.59. The maximum absolute atomic E-state index is 11.7. The van der Waals surface area contributed by atoms with E-state index >= 15 is 0 Å². The highest BCUT2D eigenvalue weighted by Gasteiger charge is 2.18. The van der Waals surface area contributed by atoms with E-state index in [2.05, 4.69) is 16.0 Å². The molecule has 0 aromatic carbocycles. The zero-order valence-corrected chi connectivity index (χ0v) is 10.7. The Balaban J connectivity index is 2.31.